The van der Waals surface area contributed by atoms with Crippen molar-refractivity contribution in [1.29, 1.82) is 0 Å². The van der Waals surface area contributed by atoms with Gasteiger partial charge in [0.25, 0.3) is 0 Å². The fourth-order valence-corrected chi connectivity index (χ4v) is 0.204. The Morgan fingerprint density at radius 2 is 1.88 bits per heavy atom. The summed E-state index contributed by atoms with van der Waals surface area (Å²) < 4.78 is 0. The van der Waals surface area contributed by atoms with E-state index < -0.39 is 0 Å². The van der Waals surface area contributed by atoms with E-state index in [0.717, 1.165) is 0 Å². The molecule has 0 aliphatic heterocycles. The third kappa shape index (κ3) is 5.01. The van der Waals surface area contributed by atoms with E-state index >= 15 is 0 Å². The zero-order chi connectivity index (χ0) is 6.57. The molecular formula is C5H11N3. The molecule has 0 rings (SSSR count). The average molecular weight is 113 g/mol. The Bertz CT molecular complexity index is 99.6. The van der Waals surface area contributed by atoms with Crippen LogP contribution in [0.3, 0.4) is 0 Å². The summed E-state index contributed by atoms with van der Waals surface area (Å²) in [7, 11) is 0. The van der Waals surface area contributed by atoms with Gasteiger partial charge in [-0.15, -0.1) is 0 Å². The maximum Gasteiger partial charge on any atom is 0.0958 e. The highest BCUT2D eigenvalue weighted by Crippen LogP contribution is 1.79. The van der Waals surface area contributed by atoms with Crippen LogP contribution in [-0.2, 0) is 0 Å². The van der Waals surface area contributed by atoms with Crippen LogP contribution < -0.4 is 11.5 Å². The second kappa shape index (κ2) is 3.07. The van der Waals surface area contributed by atoms with Gasteiger partial charge in [0.1, 0.15) is 0 Å². The molecule has 0 heterocycles. The van der Waals surface area contributed by atoms with Gasteiger partial charge in [-0.3, -0.25) is 0 Å². The van der Waals surface area contributed by atoms with Crippen molar-refractivity contribution >= 4 is 5.84 Å². The Labute approximate surface area is 49.1 Å². The van der Waals surface area contributed by atoms with E-state index in [1.54, 1.807) is 13.8 Å². The SMILES string of the molecule is CC(N)=N/C=C(/C)N. The Balaban J connectivity index is 3.76. The Morgan fingerprint density at radius 1 is 1.38 bits per heavy atom. The molecule has 4 N–H and O–H groups in total. The van der Waals surface area contributed by atoms with Gasteiger partial charge in [-0.1, -0.05) is 0 Å². The molecule has 0 unspecified atom stereocenters. The lowest BCUT2D eigenvalue weighted by Crippen LogP contribution is -2.04. The zero-order valence-electron chi connectivity index (χ0n) is 5.18. The fraction of sp³-hybridized carbons (Fsp3) is 0.400. The van der Waals surface area contributed by atoms with Crippen molar-refractivity contribution in [1.82, 2.24) is 0 Å². The van der Waals surface area contributed by atoms with Gasteiger partial charge in [-0.25, -0.2) is 4.99 Å². The highest BCUT2D eigenvalue weighted by Gasteiger charge is 1.73. The van der Waals surface area contributed by atoms with Crippen molar-refractivity contribution in [3.05, 3.63) is 11.9 Å². The average Bonchev–Trinajstić information content (AvgIpc) is 1.61. The molecule has 0 aliphatic rings. The van der Waals surface area contributed by atoms with Crippen LogP contribution in [0.1, 0.15) is 13.8 Å². The van der Waals surface area contributed by atoms with Crippen LogP contribution in [0.15, 0.2) is 16.9 Å². The van der Waals surface area contributed by atoms with E-state index in [1.807, 2.05) is 0 Å². The van der Waals surface area contributed by atoms with E-state index in [-0.39, 0.29) is 0 Å². The first-order valence-electron chi connectivity index (χ1n) is 2.35. The Hall–Kier alpha value is -0.990. The van der Waals surface area contributed by atoms with Crippen LogP contribution in [0.2, 0.25) is 0 Å². The van der Waals surface area contributed by atoms with E-state index in [9.17, 15) is 0 Å². The Kier molecular flexibility index (Phi) is 2.69. The van der Waals surface area contributed by atoms with Gasteiger partial charge in [0, 0.05) is 11.9 Å². The lowest BCUT2D eigenvalue weighted by Gasteiger charge is -1.85. The minimum absolute atomic E-state index is 0.523. The summed E-state index contributed by atoms with van der Waals surface area (Å²) in [5.74, 6) is 0.523. The molecule has 0 aromatic carbocycles. The lowest BCUT2D eigenvalue weighted by molar-refractivity contribution is 1.27. The van der Waals surface area contributed by atoms with Crippen molar-refractivity contribution in [2.45, 2.75) is 13.8 Å². The molecule has 0 aliphatic carbocycles. The first kappa shape index (κ1) is 7.01. The zero-order valence-corrected chi connectivity index (χ0v) is 5.18. The number of amidine groups is 1. The molecule has 46 valence electrons. The summed E-state index contributed by atoms with van der Waals surface area (Å²) in [6, 6.07) is 0. The van der Waals surface area contributed by atoms with Crippen LogP contribution in [-0.4, -0.2) is 5.84 Å². The molecule has 0 saturated heterocycles. The Morgan fingerprint density at radius 3 is 2.00 bits per heavy atom. The van der Waals surface area contributed by atoms with Crippen molar-refractivity contribution in [2.75, 3.05) is 0 Å². The van der Waals surface area contributed by atoms with E-state index in [4.69, 9.17) is 11.5 Å². The minimum Gasteiger partial charge on any atom is -0.401 e. The van der Waals surface area contributed by atoms with Gasteiger partial charge >= 0.3 is 0 Å². The number of allylic oxidation sites excluding steroid dienone is 1. The number of nitrogens with two attached hydrogens (primary N) is 2. The number of hydrogen-bond donors (Lipinski definition) is 2. The molecule has 0 radical (unpaired) electrons. The molecule has 0 spiro atoms. The molecule has 3 nitrogen and oxygen atoms in total. The van der Waals surface area contributed by atoms with Gasteiger partial charge in [0.15, 0.2) is 0 Å². The van der Waals surface area contributed by atoms with Gasteiger partial charge in [-0.05, 0) is 13.8 Å². The summed E-state index contributed by atoms with van der Waals surface area (Å²) in [5, 5.41) is 0. The fourth-order valence-electron chi connectivity index (χ4n) is 0.204. The second-order valence-corrected chi connectivity index (χ2v) is 1.64. The molecule has 0 aromatic rings. The predicted octanol–water partition coefficient (Wildman–Crippen LogP) is 0.183. The molecule has 0 aromatic heterocycles. The minimum atomic E-state index is 0.523. The molecule has 0 saturated carbocycles. The predicted molar refractivity (Wildman–Crippen MR) is 35.2 cm³/mol. The summed E-state index contributed by atoms with van der Waals surface area (Å²) >= 11 is 0. The molecule has 0 bridgehead atoms. The molecule has 8 heavy (non-hydrogen) atoms. The van der Waals surface area contributed by atoms with Gasteiger partial charge in [0.05, 0.1) is 5.84 Å². The van der Waals surface area contributed by atoms with E-state index in [1.165, 1.54) is 6.20 Å². The smallest absolute Gasteiger partial charge is 0.0958 e. The summed E-state index contributed by atoms with van der Waals surface area (Å²) in [5.41, 5.74) is 11.1. The standard InChI is InChI=1S/C5H11N3/c1-4(6)3-8-5(2)7/h3H,6H2,1-2H3,(H2,7,8)/b4-3-. The van der Waals surface area contributed by atoms with Crippen LogP contribution in [0.4, 0.5) is 0 Å². The number of hydrogen-bond acceptors (Lipinski definition) is 2. The van der Waals surface area contributed by atoms with Gasteiger partial charge in [0.2, 0.25) is 0 Å². The van der Waals surface area contributed by atoms with Crippen molar-refractivity contribution in [2.24, 2.45) is 16.5 Å². The molecule has 0 fully saturated rings. The summed E-state index contributed by atoms with van der Waals surface area (Å²) in [4.78, 5) is 3.73. The lowest BCUT2D eigenvalue weighted by atomic mass is 10.6. The normalized spacial score (nSPS) is 14.2. The van der Waals surface area contributed by atoms with E-state index in [2.05, 4.69) is 4.99 Å². The molecule has 0 atom stereocenters. The summed E-state index contributed by atoms with van der Waals surface area (Å²) in [6.07, 6.45) is 1.52. The highest BCUT2D eigenvalue weighted by molar-refractivity contribution is 5.77. The molecule has 3 heteroatoms. The van der Waals surface area contributed by atoms with Crippen LogP contribution >= 0.6 is 0 Å². The van der Waals surface area contributed by atoms with Gasteiger partial charge < -0.3 is 11.5 Å². The first-order valence-corrected chi connectivity index (χ1v) is 2.35. The second-order valence-electron chi connectivity index (χ2n) is 1.64. The maximum absolute atomic E-state index is 5.24. The number of nitrogens with zero attached hydrogens (tertiary/aromatic N) is 1. The monoisotopic (exact) mass is 113 g/mol. The molecular weight excluding hydrogens is 102 g/mol. The summed E-state index contributed by atoms with van der Waals surface area (Å²) in [6.45, 7) is 3.46. The van der Waals surface area contributed by atoms with Crippen molar-refractivity contribution in [3.8, 4) is 0 Å². The molecule has 0 amide bonds. The van der Waals surface area contributed by atoms with Crippen molar-refractivity contribution in [3.63, 3.8) is 0 Å². The number of aliphatic imine (C=N–C) groups is 1. The number of rotatable bonds is 1. The van der Waals surface area contributed by atoms with Gasteiger partial charge in [-0.2, -0.15) is 0 Å². The van der Waals surface area contributed by atoms with Crippen molar-refractivity contribution < 1.29 is 0 Å². The maximum atomic E-state index is 5.24. The first-order chi connectivity index (χ1) is 3.63. The van der Waals surface area contributed by atoms with E-state index in [0.29, 0.717) is 11.5 Å². The topological polar surface area (TPSA) is 64.4 Å². The quantitative estimate of drug-likeness (QED) is 0.376. The third-order valence-electron chi connectivity index (χ3n) is 0.472. The highest BCUT2D eigenvalue weighted by atomic mass is 14.8. The van der Waals surface area contributed by atoms with Crippen LogP contribution in [0.25, 0.3) is 0 Å². The van der Waals surface area contributed by atoms with Crippen LogP contribution in [0.5, 0.6) is 0 Å². The third-order valence-corrected chi connectivity index (χ3v) is 0.472. The van der Waals surface area contributed by atoms with Crippen LogP contribution in [0, 0.1) is 0 Å². The largest absolute Gasteiger partial charge is 0.401 e.